The fourth-order valence-corrected chi connectivity index (χ4v) is 4.76. The fraction of sp³-hybridized carbons (Fsp3) is 0.391. The lowest BCUT2D eigenvalue weighted by atomic mass is 9.97. The number of hydrogen-bond donors (Lipinski definition) is 2. The number of amides is 4. The number of carbonyl (C=O) groups excluding carboxylic acids is 2. The maximum absolute atomic E-state index is 13.6. The van der Waals surface area contributed by atoms with E-state index in [9.17, 15) is 14.8 Å². The van der Waals surface area contributed by atoms with Gasteiger partial charge in [0.25, 0.3) is 0 Å². The summed E-state index contributed by atoms with van der Waals surface area (Å²) in [5.41, 5.74) is 0.431. The molecule has 1 heterocycles. The van der Waals surface area contributed by atoms with Crippen LogP contribution in [0, 0.1) is 0 Å². The molecule has 0 spiro atoms. The van der Waals surface area contributed by atoms with Crippen molar-refractivity contribution < 1.29 is 14.8 Å². The van der Waals surface area contributed by atoms with Crippen molar-refractivity contribution >= 4 is 23.4 Å². The van der Waals surface area contributed by atoms with Gasteiger partial charge in [0.2, 0.25) is 0 Å². The smallest absolute Gasteiger partial charge is 0.312 e. The van der Waals surface area contributed by atoms with Gasteiger partial charge in [-0.05, 0) is 51.0 Å². The number of nitrogens with one attached hydrogen (secondary N) is 1. The largest absolute Gasteiger partial charge is 0.347 e. The average Bonchev–Trinajstić information content (AvgIpc) is 3.32. The Hall–Kier alpha value is -3.06. The molecule has 158 valence electrons. The van der Waals surface area contributed by atoms with Crippen molar-refractivity contribution in [2.45, 2.75) is 57.3 Å². The van der Waals surface area contributed by atoms with E-state index in [2.05, 4.69) is 5.32 Å². The maximum Gasteiger partial charge on any atom is 0.347 e. The summed E-state index contributed by atoms with van der Waals surface area (Å²) < 4.78 is 0. The Morgan fingerprint density at radius 3 is 2.20 bits per heavy atom. The molecule has 4 rings (SSSR count). The molecular weight excluding hydrogens is 380 g/mol. The lowest BCUT2D eigenvalue weighted by molar-refractivity contribution is -0.0976. The zero-order valence-corrected chi connectivity index (χ0v) is 17.4. The van der Waals surface area contributed by atoms with Gasteiger partial charge < -0.3 is 10.2 Å². The van der Waals surface area contributed by atoms with Crippen LogP contribution in [0.25, 0.3) is 0 Å². The van der Waals surface area contributed by atoms with E-state index in [4.69, 9.17) is 0 Å². The fourth-order valence-electron chi connectivity index (χ4n) is 4.76. The van der Waals surface area contributed by atoms with Crippen molar-refractivity contribution in [2.75, 3.05) is 10.2 Å². The third kappa shape index (κ3) is 3.50. The minimum Gasteiger partial charge on any atom is -0.312 e. The van der Waals surface area contributed by atoms with Gasteiger partial charge in [-0.25, -0.2) is 9.59 Å². The predicted octanol–water partition coefficient (Wildman–Crippen LogP) is 4.90. The van der Waals surface area contributed by atoms with Crippen LogP contribution in [-0.2, 0) is 0 Å². The van der Waals surface area contributed by atoms with E-state index < -0.39 is 17.7 Å². The van der Waals surface area contributed by atoms with Gasteiger partial charge in [-0.2, -0.15) is 5.06 Å². The summed E-state index contributed by atoms with van der Waals surface area (Å²) >= 11 is 0. The standard InChI is InChI=1S/C23H28N4O3/c1-23(2)20(27(30)21(28)24-17-11-5-3-6-12-17)25(18-13-7-4-8-14-18)22(29)26(23)19-15-9-10-16-19/h3-8,11-14,19-20,30H,9-10,15-16H2,1-2H3,(H,24,28)/t20-/m0/s1. The topological polar surface area (TPSA) is 76.1 Å². The van der Waals surface area contributed by atoms with Crippen molar-refractivity contribution in [3.63, 3.8) is 0 Å². The molecule has 1 saturated heterocycles. The summed E-state index contributed by atoms with van der Waals surface area (Å²) in [5, 5.41) is 14.4. The molecule has 0 aromatic heterocycles. The van der Waals surface area contributed by atoms with Crippen molar-refractivity contribution in [3.8, 4) is 0 Å². The van der Waals surface area contributed by atoms with Gasteiger partial charge in [-0.1, -0.05) is 49.2 Å². The van der Waals surface area contributed by atoms with Crippen LogP contribution >= 0.6 is 0 Å². The Kier molecular flexibility index (Phi) is 5.39. The molecule has 0 bridgehead atoms. The van der Waals surface area contributed by atoms with E-state index in [1.165, 1.54) is 4.90 Å². The number of urea groups is 2. The van der Waals surface area contributed by atoms with Gasteiger partial charge in [0.05, 0.1) is 5.54 Å². The summed E-state index contributed by atoms with van der Waals surface area (Å²) in [6.45, 7) is 3.83. The van der Waals surface area contributed by atoms with Gasteiger partial charge in [-0.15, -0.1) is 0 Å². The van der Waals surface area contributed by atoms with E-state index in [1.807, 2.05) is 55.1 Å². The molecule has 0 unspecified atom stereocenters. The van der Waals surface area contributed by atoms with Gasteiger partial charge in [0.15, 0.2) is 6.17 Å². The highest BCUT2D eigenvalue weighted by Gasteiger charge is 2.58. The third-order valence-corrected chi connectivity index (χ3v) is 6.10. The Balaban J connectivity index is 1.69. The summed E-state index contributed by atoms with van der Waals surface area (Å²) in [6, 6.07) is 17.4. The average molecular weight is 409 g/mol. The second-order valence-electron chi connectivity index (χ2n) is 8.46. The predicted molar refractivity (Wildman–Crippen MR) is 115 cm³/mol. The number of hydrogen-bond acceptors (Lipinski definition) is 3. The highest BCUT2D eigenvalue weighted by Crippen LogP contribution is 2.42. The summed E-state index contributed by atoms with van der Waals surface area (Å²) in [7, 11) is 0. The quantitative estimate of drug-likeness (QED) is 0.558. The van der Waals surface area contributed by atoms with E-state index in [-0.39, 0.29) is 12.1 Å². The molecule has 30 heavy (non-hydrogen) atoms. The lowest BCUT2D eigenvalue weighted by Gasteiger charge is -2.40. The van der Waals surface area contributed by atoms with Crippen molar-refractivity contribution in [1.82, 2.24) is 9.96 Å². The molecule has 2 aromatic carbocycles. The Bertz CT molecular complexity index is 897. The number of carbonyl (C=O) groups is 2. The number of rotatable bonds is 4. The molecule has 1 aliphatic heterocycles. The van der Waals surface area contributed by atoms with Gasteiger partial charge >= 0.3 is 12.1 Å². The van der Waals surface area contributed by atoms with Crippen LogP contribution in [0.4, 0.5) is 21.0 Å². The molecule has 1 saturated carbocycles. The van der Waals surface area contributed by atoms with E-state index in [0.717, 1.165) is 25.7 Å². The minimum atomic E-state index is -0.878. The number of benzene rings is 2. The van der Waals surface area contributed by atoms with Crippen molar-refractivity contribution in [3.05, 3.63) is 60.7 Å². The molecule has 2 aromatic rings. The van der Waals surface area contributed by atoms with E-state index in [1.54, 1.807) is 24.3 Å². The zero-order chi connectivity index (χ0) is 21.3. The van der Waals surface area contributed by atoms with Crippen LogP contribution in [0.2, 0.25) is 0 Å². The summed E-state index contributed by atoms with van der Waals surface area (Å²) in [4.78, 5) is 29.9. The summed E-state index contributed by atoms with van der Waals surface area (Å²) in [6.07, 6.45) is 3.16. The molecule has 1 atom stereocenters. The highest BCUT2D eigenvalue weighted by atomic mass is 16.5. The number of para-hydroxylation sites is 2. The maximum atomic E-state index is 13.6. The monoisotopic (exact) mass is 408 g/mol. The van der Waals surface area contributed by atoms with Crippen LogP contribution < -0.4 is 10.2 Å². The van der Waals surface area contributed by atoms with Gasteiger partial charge in [0, 0.05) is 17.4 Å². The number of anilines is 2. The third-order valence-electron chi connectivity index (χ3n) is 6.10. The summed E-state index contributed by atoms with van der Waals surface area (Å²) in [5.74, 6) is 0. The Morgan fingerprint density at radius 2 is 1.60 bits per heavy atom. The molecule has 2 N–H and O–H groups in total. The first kappa shape index (κ1) is 20.2. The molecule has 2 fully saturated rings. The van der Waals surface area contributed by atoms with Crippen molar-refractivity contribution in [2.24, 2.45) is 0 Å². The van der Waals surface area contributed by atoms with E-state index >= 15 is 0 Å². The molecule has 0 radical (unpaired) electrons. The normalized spacial score (nSPS) is 21.2. The second-order valence-corrected chi connectivity index (χ2v) is 8.46. The highest BCUT2D eigenvalue weighted by molar-refractivity contribution is 5.98. The second kappa shape index (κ2) is 7.99. The van der Waals surface area contributed by atoms with Crippen LogP contribution in [-0.4, -0.2) is 45.0 Å². The Morgan fingerprint density at radius 1 is 1.03 bits per heavy atom. The Labute approximate surface area is 176 Å². The molecule has 7 nitrogen and oxygen atoms in total. The molecular formula is C23H28N4O3. The number of nitrogens with zero attached hydrogens (tertiary/aromatic N) is 3. The van der Waals surface area contributed by atoms with Crippen LogP contribution in [0.3, 0.4) is 0 Å². The van der Waals surface area contributed by atoms with Crippen LogP contribution in [0.1, 0.15) is 39.5 Å². The van der Waals surface area contributed by atoms with E-state index in [0.29, 0.717) is 16.4 Å². The minimum absolute atomic E-state index is 0.106. The SMILES string of the molecule is CC1(C)[C@H](N(O)C(=O)Nc2ccccc2)N(c2ccccc2)C(=O)N1C1CCCC1. The zero-order valence-electron chi connectivity index (χ0n) is 17.4. The lowest BCUT2D eigenvalue weighted by Crippen LogP contribution is -2.59. The van der Waals surface area contributed by atoms with Crippen molar-refractivity contribution in [1.29, 1.82) is 0 Å². The molecule has 7 heteroatoms. The number of hydroxylamine groups is 2. The van der Waals surface area contributed by atoms with Crippen LogP contribution in [0.5, 0.6) is 0 Å². The first-order valence-corrected chi connectivity index (χ1v) is 10.4. The van der Waals surface area contributed by atoms with Crippen LogP contribution in [0.15, 0.2) is 60.7 Å². The first-order valence-electron chi connectivity index (χ1n) is 10.4. The molecule has 4 amide bonds. The van der Waals surface area contributed by atoms with Gasteiger partial charge in [-0.3, -0.25) is 10.1 Å². The first-order chi connectivity index (χ1) is 14.4. The van der Waals surface area contributed by atoms with Gasteiger partial charge in [0.1, 0.15) is 0 Å². The molecule has 2 aliphatic rings. The molecule has 1 aliphatic carbocycles.